The van der Waals surface area contributed by atoms with Gasteiger partial charge in [-0.15, -0.1) is 0 Å². The van der Waals surface area contributed by atoms with Gasteiger partial charge in [0.05, 0.1) is 35.7 Å². The third kappa shape index (κ3) is 4.32. The van der Waals surface area contributed by atoms with Crippen molar-refractivity contribution in [2.24, 2.45) is 0 Å². The average molecular weight is 455 g/mol. The van der Waals surface area contributed by atoms with Crippen molar-refractivity contribution in [3.63, 3.8) is 0 Å². The van der Waals surface area contributed by atoms with Crippen LogP contribution in [0.1, 0.15) is 31.2 Å². The summed E-state index contributed by atoms with van der Waals surface area (Å²) in [6.45, 7) is 6.23. The number of hydrogen-bond donors (Lipinski definition) is 0. The van der Waals surface area contributed by atoms with Crippen LogP contribution in [-0.2, 0) is 34.4 Å². The molecule has 0 unspecified atom stereocenters. The zero-order valence-corrected chi connectivity index (χ0v) is 19.3. The minimum absolute atomic E-state index is 0.308. The summed E-state index contributed by atoms with van der Waals surface area (Å²) >= 11 is 0. The summed E-state index contributed by atoms with van der Waals surface area (Å²) in [5.41, 5.74) is 3.03. The van der Waals surface area contributed by atoms with Gasteiger partial charge in [-0.3, -0.25) is 4.90 Å². The van der Waals surface area contributed by atoms with E-state index in [1.54, 1.807) is 12.1 Å². The van der Waals surface area contributed by atoms with Gasteiger partial charge in [-0.05, 0) is 43.5 Å². The van der Waals surface area contributed by atoms with Gasteiger partial charge in [0.1, 0.15) is 5.82 Å². The molecule has 2 aliphatic rings. The molecule has 0 bridgehead atoms. The lowest BCUT2D eigenvalue weighted by Crippen LogP contribution is -2.40. The lowest BCUT2D eigenvalue weighted by molar-refractivity contribution is 0.0730. The van der Waals surface area contributed by atoms with E-state index in [0.717, 1.165) is 36.5 Å². The van der Waals surface area contributed by atoms with Gasteiger partial charge in [-0.1, -0.05) is 30.3 Å². The fourth-order valence-corrected chi connectivity index (χ4v) is 5.91. The molecule has 0 radical (unpaired) electrons. The quantitative estimate of drug-likeness (QED) is 0.523. The highest BCUT2D eigenvalue weighted by atomic mass is 32.2. The molecule has 2 fully saturated rings. The molecule has 8 heteroatoms. The summed E-state index contributed by atoms with van der Waals surface area (Å²) < 4.78 is 35.2. The molecule has 32 heavy (non-hydrogen) atoms. The van der Waals surface area contributed by atoms with Gasteiger partial charge in [-0.2, -0.15) is 4.31 Å². The molecular weight excluding hydrogens is 424 g/mol. The first-order chi connectivity index (χ1) is 15.6. The molecule has 1 aliphatic heterocycles. The van der Waals surface area contributed by atoms with Crippen molar-refractivity contribution < 1.29 is 13.2 Å². The Labute approximate surface area is 189 Å². The Hall–Kier alpha value is -2.26. The lowest BCUT2D eigenvalue weighted by atomic mass is 10.2. The fraction of sp³-hybridized carbons (Fsp3) is 0.458. The maximum Gasteiger partial charge on any atom is 0.243 e. The summed E-state index contributed by atoms with van der Waals surface area (Å²) in [7, 11) is -3.54. The minimum Gasteiger partial charge on any atom is -0.379 e. The van der Waals surface area contributed by atoms with Crippen LogP contribution >= 0.6 is 0 Å². The third-order valence-corrected chi connectivity index (χ3v) is 8.25. The Morgan fingerprint density at radius 1 is 1.06 bits per heavy atom. The third-order valence-electron chi connectivity index (χ3n) is 6.36. The van der Waals surface area contributed by atoms with E-state index in [4.69, 9.17) is 9.72 Å². The maximum absolute atomic E-state index is 13.1. The number of nitrogens with zero attached hydrogens (tertiary/aromatic N) is 4. The Balaban J connectivity index is 1.44. The van der Waals surface area contributed by atoms with Crippen molar-refractivity contribution in [3.05, 3.63) is 59.9 Å². The van der Waals surface area contributed by atoms with Gasteiger partial charge < -0.3 is 9.30 Å². The first kappa shape index (κ1) is 21.6. The van der Waals surface area contributed by atoms with Gasteiger partial charge in [0, 0.05) is 32.2 Å². The van der Waals surface area contributed by atoms with Gasteiger partial charge in [-0.25, -0.2) is 13.4 Å². The van der Waals surface area contributed by atoms with Gasteiger partial charge >= 0.3 is 0 Å². The maximum atomic E-state index is 13.1. The van der Waals surface area contributed by atoms with Crippen molar-refractivity contribution in [2.45, 2.75) is 50.3 Å². The second kappa shape index (κ2) is 8.94. The largest absolute Gasteiger partial charge is 0.379 e. The van der Waals surface area contributed by atoms with Gasteiger partial charge in [0.15, 0.2) is 0 Å². The standard InChI is InChI=1S/C24H30N4O3S/c1-2-28-23-11-10-21(32(29,30)27-12-14-31-15-13-27)16-22(23)25-24(28)18-26(20-8-9-20)17-19-6-4-3-5-7-19/h3-7,10-11,16,20H,2,8-9,12-15,17-18H2,1H3. The van der Waals surface area contributed by atoms with E-state index in [9.17, 15) is 8.42 Å². The van der Waals surface area contributed by atoms with Crippen molar-refractivity contribution in [2.75, 3.05) is 26.3 Å². The smallest absolute Gasteiger partial charge is 0.243 e. The molecule has 1 aliphatic carbocycles. The van der Waals surface area contributed by atoms with E-state index in [1.807, 2.05) is 12.1 Å². The molecule has 170 valence electrons. The number of benzene rings is 2. The van der Waals surface area contributed by atoms with Crippen LogP contribution in [0.15, 0.2) is 53.4 Å². The second-order valence-corrected chi connectivity index (χ2v) is 10.5. The molecule has 2 aromatic carbocycles. The Morgan fingerprint density at radius 2 is 1.81 bits per heavy atom. The molecule has 1 saturated carbocycles. The van der Waals surface area contributed by atoms with Crippen LogP contribution in [-0.4, -0.2) is 59.5 Å². The summed E-state index contributed by atoms with van der Waals surface area (Å²) in [6.07, 6.45) is 2.45. The van der Waals surface area contributed by atoms with E-state index in [-0.39, 0.29) is 0 Å². The molecule has 0 spiro atoms. The summed E-state index contributed by atoms with van der Waals surface area (Å²) in [4.78, 5) is 7.71. The predicted molar refractivity (Wildman–Crippen MR) is 124 cm³/mol. The number of morpholine rings is 1. The van der Waals surface area contributed by atoms with Gasteiger partial charge in [0.2, 0.25) is 10.0 Å². The van der Waals surface area contributed by atoms with E-state index in [0.29, 0.717) is 37.2 Å². The summed E-state index contributed by atoms with van der Waals surface area (Å²) in [5, 5.41) is 0. The van der Waals surface area contributed by atoms with Crippen LogP contribution in [0.5, 0.6) is 0 Å². The molecule has 5 rings (SSSR count). The second-order valence-electron chi connectivity index (χ2n) is 8.56. The molecule has 3 aromatic rings. The number of sulfonamides is 1. The van der Waals surface area contributed by atoms with Crippen LogP contribution in [0, 0.1) is 0 Å². The number of ether oxygens (including phenoxy) is 1. The molecular formula is C24H30N4O3S. The van der Waals surface area contributed by atoms with Crippen LogP contribution in [0.3, 0.4) is 0 Å². The van der Waals surface area contributed by atoms with Crippen LogP contribution in [0.2, 0.25) is 0 Å². The molecule has 0 N–H and O–H groups in total. The average Bonchev–Trinajstić information content (AvgIpc) is 3.61. The van der Waals surface area contributed by atoms with E-state index < -0.39 is 10.0 Å². The highest BCUT2D eigenvalue weighted by molar-refractivity contribution is 7.89. The Kier molecular flexibility index (Phi) is 6.03. The normalized spacial score (nSPS) is 17.9. The lowest BCUT2D eigenvalue weighted by Gasteiger charge is -2.26. The van der Waals surface area contributed by atoms with E-state index in [1.165, 1.54) is 22.7 Å². The first-order valence-electron chi connectivity index (χ1n) is 11.4. The monoisotopic (exact) mass is 454 g/mol. The van der Waals surface area contributed by atoms with Crippen molar-refractivity contribution in [1.82, 2.24) is 18.8 Å². The summed E-state index contributed by atoms with van der Waals surface area (Å²) in [5.74, 6) is 0.992. The van der Waals surface area contributed by atoms with Crippen LogP contribution < -0.4 is 0 Å². The number of imidazole rings is 1. The van der Waals surface area contributed by atoms with Crippen molar-refractivity contribution >= 4 is 21.1 Å². The molecule has 7 nitrogen and oxygen atoms in total. The Bertz CT molecular complexity index is 1180. The molecule has 1 aromatic heterocycles. The minimum atomic E-state index is -3.54. The Morgan fingerprint density at radius 3 is 2.50 bits per heavy atom. The highest BCUT2D eigenvalue weighted by Gasteiger charge is 2.31. The first-order valence-corrected chi connectivity index (χ1v) is 12.9. The van der Waals surface area contributed by atoms with Crippen LogP contribution in [0.4, 0.5) is 0 Å². The topological polar surface area (TPSA) is 67.7 Å². The fourth-order valence-electron chi connectivity index (χ4n) is 4.48. The van der Waals surface area contributed by atoms with E-state index in [2.05, 4.69) is 40.7 Å². The van der Waals surface area contributed by atoms with Crippen LogP contribution in [0.25, 0.3) is 11.0 Å². The number of hydrogen-bond acceptors (Lipinski definition) is 5. The number of fused-ring (bicyclic) bond motifs is 1. The summed E-state index contributed by atoms with van der Waals surface area (Å²) in [6, 6.07) is 16.5. The SMILES string of the molecule is CCn1c(CN(Cc2ccccc2)C2CC2)nc2cc(S(=O)(=O)N3CCOCC3)ccc21. The highest BCUT2D eigenvalue weighted by Crippen LogP contribution is 2.31. The zero-order valence-electron chi connectivity index (χ0n) is 18.5. The van der Waals surface area contributed by atoms with Gasteiger partial charge in [0.25, 0.3) is 0 Å². The molecule has 2 heterocycles. The van der Waals surface area contributed by atoms with E-state index >= 15 is 0 Å². The number of aryl methyl sites for hydroxylation is 1. The number of rotatable bonds is 8. The molecule has 1 saturated heterocycles. The predicted octanol–water partition coefficient (Wildman–Crippen LogP) is 3.24. The van der Waals surface area contributed by atoms with Crippen molar-refractivity contribution in [3.8, 4) is 0 Å². The van der Waals surface area contributed by atoms with Crippen molar-refractivity contribution in [1.29, 1.82) is 0 Å². The number of aromatic nitrogens is 2. The zero-order chi connectivity index (χ0) is 22.1. The molecule has 0 atom stereocenters. The molecule has 0 amide bonds.